The first-order valence-electron chi connectivity index (χ1n) is 4.40. The summed E-state index contributed by atoms with van der Waals surface area (Å²) in [4.78, 5) is 10.8. The largest absolute Gasteiger partial charge is 0.507 e. The van der Waals surface area contributed by atoms with Crippen LogP contribution in [0.1, 0.15) is 0 Å². The van der Waals surface area contributed by atoms with E-state index in [2.05, 4.69) is 15.0 Å². The molecule has 3 heterocycles. The van der Waals surface area contributed by atoms with Gasteiger partial charge in [0.05, 0.1) is 17.1 Å². The molecule has 0 saturated carbocycles. The number of hydrogen-bond donors (Lipinski definition) is 3. The van der Waals surface area contributed by atoms with Gasteiger partial charge in [-0.1, -0.05) is 0 Å². The average molecular weight is 201 g/mol. The summed E-state index contributed by atoms with van der Waals surface area (Å²) in [7, 11) is 0. The minimum Gasteiger partial charge on any atom is -0.507 e. The maximum Gasteiger partial charge on any atom is 0.211 e. The lowest BCUT2D eigenvalue weighted by atomic mass is 10.2. The first-order valence-corrected chi connectivity index (χ1v) is 4.40. The molecule has 0 saturated heterocycles. The lowest BCUT2D eigenvalue weighted by Gasteiger charge is -1.94. The van der Waals surface area contributed by atoms with Crippen LogP contribution in [-0.2, 0) is 0 Å². The molecule has 0 aliphatic carbocycles. The number of H-pyrrole nitrogens is 1. The molecule has 0 fully saturated rings. The molecule has 0 spiro atoms. The van der Waals surface area contributed by atoms with E-state index in [0.29, 0.717) is 16.4 Å². The highest BCUT2D eigenvalue weighted by molar-refractivity contribution is 6.08. The van der Waals surface area contributed by atoms with Gasteiger partial charge in [-0.25, -0.2) is 9.97 Å². The molecule has 15 heavy (non-hydrogen) atoms. The van der Waals surface area contributed by atoms with Crippen LogP contribution in [0.5, 0.6) is 11.6 Å². The van der Waals surface area contributed by atoms with Gasteiger partial charge < -0.3 is 15.2 Å². The standard InChI is InChI=1S/C10H7N3O2/c14-7-1-2-11-10-9(7)5-3-8(15)12-4-6(5)13-10/h1-4H,(H,12,15)(H2,11,13,14). The zero-order chi connectivity index (χ0) is 10.4. The van der Waals surface area contributed by atoms with Gasteiger partial charge in [-0.05, 0) is 6.07 Å². The molecule has 0 bridgehead atoms. The zero-order valence-electron chi connectivity index (χ0n) is 7.60. The molecule has 3 aromatic heterocycles. The Morgan fingerprint density at radius 1 is 1.20 bits per heavy atom. The summed E-state index contributed by atoms with van der Waals surface area (Å²) in [6.45, 7) is 0. The lowest BCUT2D eigenvalue weighted by molar-refractivity contribution is 0.454. The second-order valence-corrected chi connectivity index (χ2v) is 3.27. The van der Waals surface area contributed by atoms with E-state index >= 15 is 0 Å². The fourth-order valence-electron chi connectivity index (χ4n) is 1.69. The molecule has 0 radical (unpaired) electrons. The van der Waals surface area contributed by atoms with E-state index in [-0.39, 0.29) is 11.6 Å². The van der Waals surface area contributed by atoms with Gasteiger partial charge in [0.15, 0.2) is 0 Å². The van der Waals surface area contributed by atoms with E-state index in [4.69, 9.17) is 0 Å². The van der Waals surface area contributed by atoms with Crippen LogP contribution in [0.4, 0.5) is 0 Å². The highest BCUT2D eigenvalue weighted by Crippen LogP contribution is 2.31. The van der Waals surface area contributed by atoms with Gasteiger partial charge in [-0.3, -0.25) is 0 Å². The molecule has 74 valence electrons. The maximum absolute atomic E-state index is 9.69. The molecule has 0 aliphatic heterocycles. The Balaban J connectivity index is 2.61. The molecular weight excluding hydrogens is 194 g/mol. The van der Waals surface area contributed by atoms with E-state index in [1.165, 1.54) is 24.5 Å². The van der Waals surface area contributed by atoms with Crippen LogP contribution >= 0.6 is 0 Å². The summed E-state index contributed by atoms with van der Waals surface area (Å²) in [5.74, 6) is 0.0588. The van der Waals surface area contributed by atoms with E-state index in [1.807, 2.05) is 0 Å². The normalized spacial score (nSPS) is 11.2. The molecule has 3 rings (SSSR count). The van der Waals surface area contributed by atoms with Crippen molar-refractivity contribution in [1.29, 1.82) is 0 Å². The molecule has 0 aromatic carbocycles. The van der Waals surface area contributed by atoms with Gasteiger partial charge in [-0.2, -0.15) is 0 Å². The van der Waals surface area contributed by atoms with Crippen molar-refractivity contribution < 1.29 is 10.2 Å². The van der Waals surface area contributed by atoms with Crippen LogP contribution < -0.4 is 0 Å². The molecule has 3 N–H and O–H groups in total. The topological polar surface area (TPSA) is 82.0 Å². The zero-order valence-corrected chi connectivity index (χ0v) is 7.60. The van der Waals surface area contributed by atoms with Crippen molar-refractivity contribution in [2.24, 2.45) is 0 Å². The molecular formula is C10H7N3O2. The van der Waals surface area contributed by atoms with Gasteiger partial charge in [0, 0.05) is 17.6 Å². The van der Waals surface area contributed by atoms with Crippen LogP contribution in [-0.4, -0.2) is 25.2 Å². The number of aromatic nitrogens is 3. The second-order valence-electron chi connectivity index (χ2n) is 3.27. The Morgan fingerprint density at radius 2 is 2.07 bits per heavy atom. The Kier molecular flexibility index (Phi) is 1.39. The molecule has 3 aromatic rings. The number of rotatable bonds is 0. The average Bonchev–Trinajstić information content (AvgIpc) is 2.57. The quantitative estimate of drug-likeness (QED) is 0.515. The maximum atomic E-state index is 9.69. The molecule has 0 amide bonds. The van der Waals surface area contributed by atoms with Crippen LogP contribution in [0.3, 0.4) is 0 Å². The molecule has 0 aliphatic rings. The van der Waals surface area contributed by atoms with E-state index < -0.39 is 0 Å². The summed E-state index contributed by atoms with van der Waals surface area (Å²) in [6, 6.07) is 3.00. The summed E-state index contributed by atoms with van der Waals surface area (Å²) in [6.07, 6.45) is 3.02. The van der Waals surface area contributed by atoms with Crippen LogP contribution in [0.2, 0.25) is 0 Å². The SMILES string of the molecule is Oc1cc2c(cn1)[nH]c1nccc(O)c12. The highest BCUT2D eigenvalue weighted by atomic mass is 16.3. The van der Waals surface area contributed by atoms with Crippen molar-refractivity contribution in [3.05, 3.63) is 24.5 Å². The third kappa shape index (κ3) is 1.03. The fraction of sp³-hybridized carbons (Fsp3) is 0. The minimum absolute atomic E-state index is 0.0772. The molecule has 0 atom stereocenters. The summed E-state index contributed by atoms with van der Waals surface area (Å²) in [5, 5.41) is 20.3. The predicted octanol–water partition coefficient (Wildman–Crippen LogP) is 1.52. The Hall–Kier alpha value is -2.30. The van der Waals surface area contributed by atoms with Crippen LogP contribution in [0.25, 0.3) is 21.9 Å². The van der Waals surface area contributed by atoms with Crippen molar-refractivity contribution in [1.82, 2.24) is 15.0 Å². The minimum atomic E-state index is -0.0772. The van der Waals surface area contributed by atoms with Gasteiger partial charge in [-0.15, -0.1) is 0 Å². The number of pyridine rings is 2. The monoisotopic (exact) mass is 201 g/mol. The van der Waals surface area contributed by atoms with Gasteiger partial charge in [0.1, 0.15) is 11.4 Å². The Labute approximate surface area is 84.0 Å². The predicted molar refractivity (Wildman–Crippen MR) is 54.7 cm³/mol. The van der Waals surface area contributed by atoms with E-state index in [9.17, 15) is 10.2 Å². The lowest BCUT2D eigenvalue weighted by Crippen LogP contribution is -1.74. The van der Waals surface area contributed by atoms with Crippen molar-refractivity contribution in [3.8, 4) is 11.6 Å². The first kappa shape index (κ1) is 8.05. The Bertz CT molecular complexity index is 660. The van der Waals surface area contributed by atoms with Crippen LogP contribution in [0, 0.1) is 0 Å². The molecule has 5 heteroatoms. The van der Waals surface area contributed by atoms with Crippen LogP contribution in [0.15, 0.2) is 24.5 Å². The van der Waals surface area contributed by atoms with E-state index in [1.54, 1.807) is 0 Å². The van der Waals surface area contributed by atoms with Crippen molar-refractivity contribution >= 4 is 21.9 Å². The van der Waals surface area contributed by atoms with Gasteiger partial charge >= 0.3 is 0 Å². The first-order chi connectivity index (χ1) is 7.25. The smallest absolute Gasteiger partial charge is 0.211 e. The summed E-state index contributed by atoms with van der Waals surface area (Å²) < 4.78 is 0. The number of hydrogen-bond acceptors (Lipinski definition) is 4. The number of nitrogens with zero attached hydrogens (tertiary/aromatic N) is 2. The summed E-state index contributed by atoms with van der Waals surface area (Å²) in [5.41, 5.74) is 1.31. The number of fused-ring (bicyclic) bond motifs is 3. The second kappa shape index (κ2) is 2.60. The van der Waals surface area contributed by atoms with Crippen molar-refractivity contribution in [2.75, 3.05) is 0 Å². The van der Waals surface area contributed by atoms with Crippen molar-refractivity contribution in [2.45, 2.75) is 0 Å². The number of nitrogens with one attached hydrogen (secondary N) is 1. The van der Waals surface area contributed by atoms with Gasteiger partial charge in [0.2, 0.25) is 5.88 Å². The fourth-order valence-corrected chi connectivity index (χ4v) is 1.69. The number of aromatic hydroxyl groups is 2. The van der Waals surface area contributed by atoms with Crippen molar-refractivity contribution in [3.63, 3.8) is 0 Å². The summed E-state index contributed by atoms with van der Waals surface area (Å²) >= 11 is 0. The number of aromatic amines is 1. The van der Waals surface area contributed by atoms with Gasteiger partial charge in [0.25, 0.3) is 0 Å². The molecule has 0 unspecified atom stereocenters. The third-order valence-electron chi connectivity index (χ3n) is 2.34. The third-order valence-corrected chi connectivity index (χ3v) is 2.34. The van der Waals surface area contributed by atoms with E-state index in [0.717, 1.165) is 5.52 Å². The highest BCUT2D eigenvalue weighted by Gasteiger charge is 2.09. The Morgan fingerprint density at radius 3 is 2.93 bits per heavy atom. The molecule has 5 nitrogen and oxygen atoms in total.